The van der Waals surface area contributed by atoms with Gasteiger partial charge in [-0.05, 0) is 12.1 Å². The highest BCUT2D eigenvalue weighted by Crippen LogP contribution is 2.05. The van der Waals surface area contributed by atoms with E-state index in [1.54, 1.807) is 0 Å². The van der Waals surface area contributed by atoms with Gasteiger partial charge in [-0.3, -0.25) is 4.90 Å². The molecule has 0 unspecified atom stereocenters. The molecule has 1 aliphatic heterocycles. The van der Waals surface area contributed by atoms with Gasteiger partial charge in [0.2, 0.25) is 0 Å². The Morgan fingerprint density at radius 1 is 1.35 bits per heavy atom. The molecule has 0 bridgehead atoms. The summed E-state index contributed by atoms with van der Waals surface area (Å²) in [6, 6.07) is 10.2. The number of nitrogens with one attached hydrogen (secondary N) is 2. The lowest BCUT2D eigenvalue weighted by atomic mass is 10.1. The van der Waals surface area contributed by atoms with Crippen LogP contribution in [0, 0.1) is 0 Å². The molecule has 0 aromatic heterocycles. The number of nitrogens with zero attached hydrogens (tertiary/aromatic N) is 1. The van der Waals surface area contributed by atoms with E-state index in [9.17, 15) is 4.79 Å². The molecule has 2 rings (SSSR count). The molecule has 1 aromatic rings. The summed E-state index contributed by atoms with van der Waals surface area (Å²) in [7, 11) is 0. The smallest absolute Gasteiger partial charge is 0.315 e. The molecular formula is C13H19N3O. The second kappa shape index (κ2) is 5.68. The molecule has 0 radical (unpaired) electrons. The average molecular weight is 233 g/mol. The lowest BCUT2D eigenvalue weighted by Gasteiger charge is -2.38. The Morgan fingerprint density at radius 3 is 2.71 bits per heavy atom. The standard InChI is InChI=1S/C13H19N3O/c1-2-16-9-12(10-16)15-13(17)14-8-11-6-4-3-5-7-11/h3-7,12H,2,8-10H2,1H3,(H2,14,15,17). The van der Waals surface area contributed by atoms with Crippen LogP contribution in [0.25, 0.3) is 0 Å². The van der Waals surface area contributed by atoms with Crippen molar-refractivity contribution in [1.82, 2.24) is 15.5 Å². The number of carbonyl (C=O) groups is 1. The fraction of sp³-hybridized carbons (Fsp3) is 0.462. The summed E-state index contributed by atoms with van der Waals surface area (Å²) in [5.41, 5.74) is 1.12. The maximum Gasteiger partial charge on any atom is 0.315 e. The fourth-order valence-electron chi connectivity index (χ4n) is 1.93. The zero-order valence-electron chi connectivity index (χ0n) is 10.1. The predicted molar refractivity (Wildman–Crippen MR) is 67.7 cm³/mol. The van der Waals surface area contributed by atoms with Crippen molar-refractivity contribution < 1.29 is 4.79 Å². The van der Waals surface area contributed by atoms with Crippen LogP contribution in [0.4, 0.5) is 4.79 Å². The van der Waals surface area contributed by atoms with E-state index in [0.717, 1.165) is 25.2 Å². The summed E-state index contributed by atoms with van der Waals surface area (Å²) >= 11 is 0. The van der Waals surface area contributed by atoms with Crippen LogP contribution in [0.2, 0.25) is 0 Å². The predicted octanol–water partition coefficient (Wildman–Crippen LogP) is 1.19. The molecule has 4 heteroatoms. The van der Waals surface area contributed by atoms with E-state index in [1.807, 2.05) is 30.3 Å². The van der Waals surface area contributed by atoms with Gasteiger partial charge in [0.05, 0.1) is 6.04 Å². The van der Waals surface area contributed by atoms with E-state index in [2.05, 4.69) is 22.5 Å². The number of amides is 2. The third kappa shape index (κ3) is 3.46. The minimum absolute atomic E-state index is 0.0744. The normalized spacial score (nSPS) is 16.3. The summed E-state index contributed by atoms with van der Waals surface area (Å²) in [6.07, 6.45) is 0. The van der Waals surface area contributed by atoms with Crippen LogP contribution in [0.3, 0.4) is 0 Å². The average Bonchev–Trinajstić information content (AvgIpc) is 2.32. The Labute approximate surface area is 102 Å². The molecule has 0 saturated carbocycles. The van der Waals surface area contributed by atoms with Crippen molar-refractivity contribution >= 4 is 6.03 Å². The quantitative estimate of drug-likeness (QED) is 0.820. The first kappa shape index (κ1) is 11.9. The van der Waals surface area contributed by atoms with E-state index in [1.165, 1.54) is 0 Å². The van der Waals surface area contributed by atoms with Crippen LogP contribution in [-0.4, -0.2) is 36.6 Å². The summed E-state index contributed by atoms with van der Waals surface area (Å²) in [5, 5.41) is 5.82. The minimum Gasteiger partial charge on any atom is -0.334 e. The first-order chi connectivity index (χ1) is 8.28. The molecule has 1 saturated heterocycles. The van der Waals surface area contributed by atoms with Crippen LogP contribution in [0.15, 0.2) is 30.3 Å². The van der Waals surface area contributed by atoms with Crippen LogP contribution in [-0.2, 0) is 6.54 Å². The molecule has 1 aromatic carbocycles. The van der Waals surface area contributed by atoms with Crippen molar-refractivity contribution in [3.8, 4) is 0 Å². The molecule has 2 N–H and O–H groups in total. The molecule has 0 spiro atoms. The Kier molecular flexibility index (Phi) is 3.98. The second-order valence-electron chi connectivity index (χ2n) is 4.36. The van der Waals surface area contributed by atoms with Gasteiger partial charge in [-0.2, -0.15) is 0 Å². The number of likely N-dealkylation sites (tertiary alicyclic amines) is 1. The summed E-state index contributed by atoms with van der Waals surface area (Å²) < 4.78 is 0. The van der Waals surface area contributed by atoms with Crippen molar-refractivity contribution in [2.45, 2.75) is 19.5 Å². The third-order valence-electron chi connectivity index (χ3n) is 3.04. The Morgan fingerprint density at radius 2 is 2.06 bits per heavy atom. The highest BCUT2D eigenvalue weighted by molar-refractivity contribution is 5.74. The van der Waals surface area contributed by atoms with Gasteiger partial charge in [0.15, 0.2) is 0 Å². The van der Waals surface area contributed by atoms with Gasteiger partial charge in [-0.1, -0.05) is 37.3 Å². The molecule has 1 heterocycles. The second-order valence-corrected chi connectivity index (χ2v) is 4.36. The maximum atomic E-state index is 11.6. The van der Waals surface area contributed by atoms with Crippen molar-refractivity contribution in [3.05, 3.63) is 35.9 Å². The van der Waals surface area contributed by atoms with E-state index >= 15 is 0 Å². The maximum absolute atomic E-state index is 11.6. The Balaban J connectivity index is 1.65. The number of urea groups is 1. The molecule has 2 amide bonds. The summed E-state index contributed by atoms with van der Waals surface area (Å²) in [6.45, 7) is 5.71. The van der Waals surface area contributed by atoms with E-state index in [4.69, 9.17) is 0 Å². The number of hydrogen-bond donors (Lipinski definition) is 2. The first-order valence-corrected chi connectivity index (χ1v) is 6.08. The number of hydrogen-bond acceptors (Lipinski definition) is 2. The fourth-order valence-corrected chi connectivity index (χ4v) is 1.93. The number of rotatable bonds is 4. The molecule has 17 heavy (non-hydrogen) atoms. The zero-order chi connectivity index (χ0) is 12.1. The Bertz CT molecular complexity index is 360. The first-order valence-electron chi connectivity index (χ1n) is 6.08. The van der Waals surface area contributed by atoms with Gasteiger partial charge in [0, 0.05) is 19.6 Å². The van der Waals surface area contributed by atoms with Gasteiger partial charge in [-0.25, -0.2) is 4.79 Å². The van der Waals surface area contributed by atoms with E-state index < -0.39 is 0 Å². The third-order valence-corrected chi connectivity index (χ3v) is 3.04. The molecule has 1 aliphatic rings. The van der Waals surface area contributed by atoms with Crippen molar-refractivity contribution in [2.24, 2.45) is 0 Å². The SMILES string of the molecule is CCN1CC(NC(=O)NCc2ccccc2)C1. The van der Waals surface area contributed by atoms with Gasteiger partial charge in [0.25, 0.3) is 0 Å². The van der Waals surface area contributed by atoms with Gasteiger partial charge >= 0.3 is 6.03 Å². The largest absolute Gasteiger partial charge is 0.334 e. The number of benzene rings is 1. The van der Waals surface area contributed by atoms with E-state index in [0.29, 0.717) is 12.6 Å². The lowest BCUT2D eigenvalue weighted by molar-refractivity contribution is 0.136. The molecule has 92 valence electrons. The molecule has 0 aliphatic carbocycles. The summed E-state index contributed by atoms with van der Waals surface area (Å²) in [4.78, 5) is 13.9. The molecule has 4 nitrogen and oxygen atoms in total. The topological polar surface area (TPSA) is 44.4 Å². The minimum atomic E-state index is -0.0744. The van der Waals surface area contributed by atoms with Crippen LogP contribution in [0.5, 0.6) is 0 Å². The Hall–Kier alpha value is -1.55. The highest BCUT2D eigenvalue weighted by atomic mass is 16.2. The van der Waals surface area contributed by atoms with Crippen LogP contribution < -0.4 is 10.6 Å². The van der Waals surface area contributed by atoms with Gasteiger partial charge in [-0.15, -0.1) is 0 Å². The molecule has 0 atom stereocenters. The van der Waals surface area contributed by atoms with Crippen molar-refractivity contribution in [2.75, 3.05) is 19.6 Å². The highest BCUT2D eigenvalue weighted by Gasteiger charge is 2.26. The lowest BCUT2D eigenvalue weighted by Crippen LogP contribution is -2.60. The number of likely N-dealkylation sites (N-methyl/N-ethyl adjacent to an activating group) is 1. The monoisotopic (exact) mass is 233 g/mol. The van der Waals surface area contributed by atoms with E-state index in [-0.39, 0.29) is 6.03 Å². The van der Waals surface area contributed by atoms with Crippen LogP contribution >= 0.6 is 0 Å². The molecular weight excluding hydrogens is 214 g/mol. The number of carbonyl (C=O) groups excluding carboxylic acids is 1. The summed E-state index contributed by atoms with van der Waals surface area (Å²) in [5.74, 6) is 0. The van der Waals surface area contributed by atoms with Crippen molar-refractivity contribution in [1.29, 1.82) is 0 Å². The van der Waals surface area contributed by atoms with Crippen LogP contribution in [0.1, 0.15) is 12.5 Å². The van der Waals surface area contributed by atoms with Crippen molar-refractivity contribution in [3.63, 3.8) is 0 Å². The molecule has 1 fully saturated rings. The van der Waals surface area contributed by atoms with Gasteiger partial charge in [0.1, 0.15) is 0 Å². The van der Waals surface area contributed by atoms with Gasteiger partial charge < -0.3 is 10.6 Å². The zero-order valence-corrected chi connectivity index (χ0v) is 10.1.